The molecule has 22 heavy (non-hydrogen) atoms. The number of hydrogen-bond donors (Lipinski definition) is 1. The molecule has 0 aliphatic heterocycles. The SMILES string of the molecule is [N-]=[N+]=Nc1cc(-c2ccccc2)c(O)c(-c2ccccc2)c1. The second-order valence-corrected chi connectivity index (χ2v) is 4.81. The second-order valence-electron chi connectivity index (χ2n) is 4.81. The lowest BCUT2D eigenvalue weighted by Crippen LogP contribution is -1.84. The Bertz CT molecular complexity index is 778. The van der Waals surface area contributed by atoms with Crippen molar-refractivity contribution in [1.82, 2.24) is 0 Å². The fraction of sp³-hybridized carbons (Fsp3) is 0. The predicted molar refractivity (Wildman–Crippen MR) is 87.8 cm³/mol. The molecule has 4 nitrogen and oxygen atoms in total. The minimum absolute atomic E-state index is 0.175. The van der Waals surface area contributed by atoms with Gasteiger partial charge < -0.3 is 5.11 Å². The van der Waals surface area contributed by atoms with E-state index in [1.807, 2.05) is 60.7 Å². The minimum Gasteiger partial charge on any atom is -0.507 e. The van der Waals surface area contributed by atoms with Crippen molar-refractivity contribution in [3.63, 3.8) is 0 Å². The van der Waals surface area contributed by atoms with Gasteiger partial charge in [-0.1, -0.05) is 65.8 Å². The Morgan fingerprint density at radius 3 is 1.64 bits per heavy atom. The van der Waals surface area contributed by atoms with Crippen LogP contribution in [0.15, 0.2) is 77.9 Å². The Hall–Kier alpha value is -3.23. The molecule has 0 aliphatic rings. The summed E-state index contributed by atoms with van der Waals surface area (Å²) in [6.07, 6.45) is 0. The number of benzene rings is 3. The molecule has 0 amide bonds. The van der Waals surface area contributed by atoms with E-state index in [0.29, 0.717) is 16.8 Å². The summed E-state index contributed by atoms with van der Waals surface area (Å²) >= 11 is 0. The van der Waals surface area contributed by atoms with Crippen LogP contribution in [0.1, 0.15) is 0 Å². The molecule has 0 radical (unpaired) electrons. The zero-order valence-electron chi connectivity index (χ0n) is 11.7. The summed E-state index contributed by atoms with van der Waals surface area (Å²) in [5.41, 5.74) is 12.2. The van der Waals surface area contributed by atoms with E-state index in [9.17, 15) is 5.11 Å². The van der Waals surface area contributed by atoms with Crippen LogP contribution in [0.3, 0.4) is 0 Å². The van der Waals surface area contributed by atoms with E-state index in [2.05, 4.69) is 10.0 Å². The molecule has 3 aromatic rings. The molecule has 0 saturated carbocycles. The highest BCUT2D eigenvalue weighted by Crippen LogP contribution is 2.41. The highest BCUT2D eigenvalue weighted by molar-refractivity contribution is 5.85. The maximum absolute atomic E-state index is 10.7. The van der Waals surface area contributed by atoms with Crippen molar-refractivity contribution in [3.8, 4) is 28.0 Å². The first-order valence-electron chi connectivity index (χ1n) is 6.82. The average Bonchev–Trinajstić information content (AvgIpc) is 2.58. The summed E-state index contributed by atoms with van der Waals surface area (Å²) < 4.78 is 0. The zero-order chi connectivity index (χ0) is 15.4. The highest BCUT2D eigenvalue weighted by Gasteiger charge is 2.12. The third-order valence-corrected chi connectivity index (χ3v) is 3.42. The van der Waals surface area contributed by atoms with Gasteiger partial charge in [0.05, 0.1) is 0 Å². The van der Waals surface area contributed by atoms with Gasteiger partial charge in [-0.15, -0.1) is 0 Å². The van der Waals surface area contributed by atoms with E-state index in [1.165, 1.54) is 0 Å². The Morgan fingerprint density at radius 2 is 1.23 bits per heavy atom. The topological polar surface area (TPSA) is 69.0 Å². The molecule has 106 valence electrons. The highest BCUT2D eigenvalue weighted by atomic mass is 16.3. The number of phenols is 1. The first kappa shape index (κ1) is 13.7. The molecule has 0 saturated heterocycles. The molecule has 0 spiro atoms. The summed E-state index contributed by atoms with van der Waals surface area (Å²) in [7, 11) is 0. The van der Waals surface area contributed by atoms with E-state index in [-0.39, 0.29) is 5.75 Å². The van der Waals surface area contributed by atoms with Crippen LogP contribution in [0, 0.1) is 0 Å². The lowest BCUT2D eigenvalue weighted by molar-refractivity contribution is 0.479. The van der Waals surface area contributed by atoms with Gasteiger partial charge in [0.25, 0.3) is 0 Å². The predicted octanol–water partition coefficient (Wildman–Crippen LogP) is 5.67. The fourth-order valence-electron chi connectivity index (χ4n) is 2.40. The van der Waals surface area contributed by atoms with Crippen LogP contribution in [0.5, 0.6) is 5.75 Å². The average molecular weight is 287 g/mol. The zero-order valence-corrected chi connectivity index (χ0v) is 11.7. The number of rotatable bonds is 3. The monoisotopic (exact) mass is 287 g/mol. The number of aromatic hydroxyl groups is 1. The van der Waals surface area contributed by atoms with E-state index in [1.54, 1.807) is 12.1 Å². The molecule has 0 unspecified atom stereocenters. The third-order valence-electron chi connectivity index (χ3n) is 3.42. The van der Waals surface area contributed by atoms with Crippen LogP contribution in [-0.4, -0.2) is 5.11 Å². The van der Waals surface area contributed by atoms with Crippen LogP contribution in [0.2, 0.25) is 0 Å². The van der Waals surface area contributed by atoms with E-state index in [4.69, 9.17) is 5.53 Å². The molecule has 1 N–H and O–H groups in total. The molecular formula is C18H13N3O. The molecule has 0 aromatic heterocycles. The molecule has 0 aliphatic carbocycles. The van der Waals surface area contributed by atoms with Gasteiger partial charge in [0.1, 0.15) is 5.75 Å². The Labute approximate surface area is 127 Å². The fourth-order valence-corrected chi connectivity index (χ4v) is 2.40. The quantitative estimate of drug-likeness (QED) is 0.376. The van der Waals surface area contributed by atoms with Gasteiger partial charge in [0.15, 0.2) is 0 Å². The van der Waals surface area contributed by atoms with Crippen LogP contribution >= 0.6 is 0 Å². The molecule has 0 atom stereocenters. The van der Waals surface area contributed by atoms with Crippen molar-refractivity contribution in [3.05, 3.63) is 83.2 Å². The number of hydrogen-bond acceptors (Lipinski definition) is 2. The van der Waals surface area contributed by atoms with Crippen molar-refractivity contribution in [2.24, 2.45) is 5.11 Å². The number of azide groups is 1. The summed E-state index contributed by atoms with van der Waals surface area (Å²) in [5, 5.41) is 14.3. The van der Waals surface area contributed by atoms with Crippen molar-refractivity contribution in [1.29, 1.82) is 0 Å². The molecule has 0 heterocycles. The summed E-state index contributed by atoms with van der Waals surface area (Å²) in [6, 6.07) is 22.4. The Morgan fingerprint density at radius 1 is 0.773 bits per heavy atom. The smallest absolute Gasteiger partial charge is 0.131 e. The number of phenolic OH excluding ortho intramolecular Hbond substituents is 1. The summed E-state index contributed by atoms with van der Waals surface area (Å²) in [5.74, 6) is 0.175. The van der Waals surface area contributed by atoms with Gasteiger partial charge in [-0.2, -0.15) is 0 Å². The third kappa shape index (κ3) is 2.64. The van der Waals surface area contributed by atoms with Crippen molar-refractivity contribution >= 4 is 5.69 Å². The standard InChI is InChI=1S/C18H13N3O/c19-21-20-15-11-16(13-7-3-1-4-8-13)18(22)17(12-15)14-9-5-2-6-10-14/h1-12,22H. The minimum atomic E-state index is 0.175. The van der Waals surface area contributed by atoms with Gasteiger partial charge in [-0.05, 0) is 28.8 Å². The molecule has 0 fully saturated rings. The van der Waals surface area contributed by atoms with Crippen LogP contribution in [-0.2, 0) is 0 Å². The molecule has 3 aromatic carbocycles. The van der Waals surface area contributed by atoms with Crippen molar-refractivity contribution in [2.45, 2.75) is 0 Å². The lowest BCUT2D eigenvalue weighted by atomic mass is 9.96. The van der Waals surface area contributed by atoms with Crippen LogP contribution in [0.4, 0.5) is 5.69 Å². The maximum atomic E-state index is 10.7. The summed E-state index contributed by atoms with van der Waals surface area (Å²) in [6.45, 7) is 0. The second kappa shape index (κ2) is 6.04. The normalized spacial score (nSPS) is 10.0. The maximum Gasteiger partial charge on any atom is 0.131 e. The van der Waals surface area contributed by atoms with Gasteiger partial charge >= 0.3 is 0 Å². The Kier molecular flexibility index (Phi) is 3.77. The first-order valence-corrected chi connectivity index (χ1v) is 6.82. The van der Waals surface area contributed by atoms with Crippen LogP contribution in [0.25, 0.3) is 32.7 Å². The molecule has 0 bridgehead atoms. The van der Waals surface area contributed by atoms with Gasteiger partial charge in [-0.25, -0.2) is 0 Å². The first-order chi connectivity index (χ1) is 10.8. The largest absolute Gasteiger partial charge is 0.507 e. The van der Waals surface area contributed by atoms with Crippen LogP contribution < -0.4 is 0 Å². The molecular weight excluding hydrogens is 274 g/mol. The van der Waals surface area contributed by atoms with E-state index < -0.39 is 0 Å². The van der Waals surface area contributed by atoms with E-state index in [0.717, 1.165) is 11.1 Å². The van der Waals surface area contributed by atoms with E-state index >= 15 is 0 Å². The lowest BCUT2D eigenvalue weighted by Gasteiger charge is -2.12. The summed E-state index contributed by atoms with van der Waals surface area (Å²) in [4.78, 5) is 2.85. The van der Waals surface area contributed by atoms with Gasteiger partial charge in [0, 0.05) is 21.7 Å². The van der Waals surface area contributed by atoms with Crippen molar-refractivity contribution in [2.75, 3.05) is 0 Å². The molecule has 3 rings (SSSR count). The molecule has 4 heteroatoms. The number of nitrogens with zero attached hydrogens (tertiary/aromatic N) is 3. The van der Waals surface area contributed by atoms with Gasteiger partial charge in [-0.3, -0.25) is 0 Å². The van der Waals surface area contributed by atoms with Gasteiger partial charge in [0.2, 0.25) is 0 Å². The van der Waals surface area contributed by atoms with Crippen molar-refractivity contribution < 1.29 is 5.11 Å². The Balaban J connectivity index is 2.27.